The molecule has 0 aromatic heterocycles. The summed E-state index contributed by atoms with van der Waals surface area (Å²) in [7, 11) is 0. The van der Waals surface area contributed by atoms with E-state index < -0.39 is 11.9 Å². The molecule has 116 valence electrons. The van der Waals surface area contributed by atoms with Crippen LogP contribution in [0.1, 0.15) is 11.7 Å². The van der Waals surface area contributed by atoms with Crippen LogP contribution < -0.4 is 10.1 Å². The number of nitrogens with one attached hydrogen (secondary N) is 1. The van der Waals surface area contributed by atoms with Crippen LogP contribution in [0.4, 0.5) is 4.39 Å². The van der Waals surface area contributed by atoms with Crippen LogP contribution in [0.25, 0.3) is 0 Å². The molecule has 3 rings (SSSR count). The van der Waals surface area contributed by atoms with E-state index in [0.717, 1.165) is 12.1 Å². The second-order valence-electron chi connectivity index (χ2n) is 5.11. The highest BCUT2D eigenvalue weighted by molar-refractivity contribution is 6.30. The van der Waals surface area contributed by atoms with Gasteiger partial charge in [0, 0.05) is 13.1 Å². The number of ether oxygens (including phenoxy) is 2. The van der Waals surface area contributed by atoms with Gasteiger partial charge in [-0.25, -0.2) is 4.39 Å². The van der Waals surface area contributed by atoms with Gasteiger partial charge in [-0.1, -0.05) is 48.0 Å². The summed E-state index contributed by atoms with van der Waals surface area (Å²) in [6.07, 6.45) is -0.587. The van der Waals surface area contributed by atoms with Crippen molar-refractivity contribution >= 4 is 11.6 Å². The van der Waals surface area contributed by atoms with Gasteiger partial charge in [0.1, 0.15) is 6.10 Å². The zero-order valence-corrected chi connectivity index (χ0v) is 12.7. The van der Waals surface area contributed by atoms with Gasteiger partial charge in [0.05, 0.1) is 11.6 Å². The smallest absolute Gasteiger partial charge is 0.183 e. The Morgan fingerprint density at radius 1 is 1.18 bits per heavy atom. The Hall–Kier alpha value is -1.62. The number of rotatable bonds is 4. The van der Waals surface area contributed by atoms with E-state index in [-0.39, 0.29) is 16.9 Å². The van der Waals surface area contributed by atoms with E-state index in [1.807, 2.05) is 30.3 Å². The van der Waals surface area contributed by atoms with E-state index in [1.54, 1.807) is 12.1 Å². The summed E-state index contributed by atoms with van der Waals surface area (Å²) >= 11 is 5.83. The third kappa shape index (κ3) is 3.40. The summed E-state index contributed by atoms with van der Waals surface area (Å²) in [6.45, 7) is 2.07. The maximum atomic E-state index is 14.1. The molecular formula is C17H17ClFNO2. The summed E-state index contributed by atoms with van der Waals surface area (Å²) in [4.78, 5) is 0. The lowest BCUT2D eigenvalue weighted by atomic mass is 10.0. The first-order valence-corrected chi connectivity index (χ1v) is 7.61. The molecule has 1 heterocycles. The fourth-order valence-corrected chi connectivity index (χ4v) is 2.66. The zero-order valence-electron chi connectivity index (χ0n) is 12.0. The Labute approximate surface area is 134 Å². The molecule has 2 atom stereocenters. The first kappa shape index (κ1) is 15.3. The molecule has 1 N–H and O–H groups in total. The number of halogens is 2. The van der Waals surface area contributed by atoms with Gasteiger partial charge >= 0.3 is 0 Å². The molecule has 1 saturated heterocycles. The van der Waals surface area contributed by atoms with Crippen molar-refractivity contribution in [3.8, 4) is 5.75 Å². The van der Waals surface area contributed by atoms with Crippen molar-refractivity contribution in [3.05, 3.63) is 64.9 Å². The number of hydrogen-bond acceptors (Lipinski definition) is 3. The van der Waals surface area contributed by atoms with E-state index in [2.05, 4.69) is 5.32 Å². The molecule has 2 aromatic rings. The van der Waals surface area contributed by atoms with Gasteiger partial charge in [0.25, 0.3) is 0 Å². The quantitative estimate of drug-likeness (QED) is 0.933. The first-order chi connectivity index (χ1) is 10.8. The third-order valence-corrected chi connectivity index (χ3v) is 3.88. The number of morpholine rings is 1. The molecule has 0 aliphatic carbocycles. The molecule has 0 unspecified atom stereocenters. The number of hydrogen-bond donors (Lipinski definition) is 1. The fourth-order valence-electron chi connectivity index (χ4n) is 2.49. The molecule has 1 aliphatic rings. The highest BCUT2D eigenvalue weighted by Crippen LogP contribution is 2.31. The largest absolute Gasteiger partial charge is 0.480 e. The van der Waals surface area contributed by atoms with Crippen LogP contribution in [0.3, 0.4) is 0 Å². The van der Waals surface area contributed by atoms with Crippen molar-refractivity contribution in [2.75, 3.05) is 19.7 Å². The molecule has 1 fully saturated rings. The van der Waals surface area contributed by atoms with Gasteiger partial charge in [0.2, 0.25) is 0 Å². The highest BCUT2D eigenvalue weighted by Gasteiger charge is 2.28. The van der Waals surface area contributed by atoms with E-state index in [4.69, 9.17) is 21.1 Å². The minimum Gasteiger partial charge on any atom is -0.480 e. The van der Waals surface area contributed by atoms with Gasteiger partial charge in [0.15, 0.2) is 17.7 Å². The van der Waals surface area contributed by atoms with E-state index >= 15 is 0 Å². The Morgan fingerprint density at radius 3 is 2.73 bits per heavy atom. The van der Waals surface area contributed by atoms with Crippen molar-refractivity contribution in [2.45, 2.75) is 12.2 Å². The van der Waals surface area contributed by atoms with Gasteiger partial charge in [-0.3, -0.25) is 0 Å². The predicted molar refractivity (Wildman–Crippen MR) is 83.8 cm³/mol. The lowest BCUT2D eigenvalue weighted by Gasteiger charge is -2.31. The minimum absolute atomic E-state index is 0.0481. The van der Waals surface area contributed by atoms with Crippen LogP contribution in [-0.4, -0.2) is 25.8 Å². The van der Waals surface area contributed by atoms with Crippen LogP contribution in [0.2, 0.25) is 5.02 Å². The lowest BCUT2D eigenvalue weighted by molar-refractivity contribution is -0.0442. The predicted octanol–water partition coefficient (Wildman–Crippen LogP) is 3.59. The first-order valence-electron chi connectivity index (χ1n) is 7.23. The molecule has 0 saturated carbocycles. The Balaban J connectivity index is 1.89. The average molecular weight is 322 g/mol. The minimum atomic E-state index is -0.547. The monoisotopic (exact) mass is 321 g/mol. The van der Waals surface area contributed by atoms with Gasteiger partial charge in [-0.2, -0.15) is 0 Å². The van der Waals surface area contributed by atoms with E-state index in [0.29, 0.717) is 13.2 Å². The van der Waals surface area contributed by atoms with Crippen LogP contribution in [0.5, 0.6) is 5.75 Å². The molecule has 3 nitrogen and oxygen atoms in total. The Kier molecular flexibility index (Phi) is 4.93. The molecule has 22 heavy (non-hydrogen) atoms. The standard InChI is InChI=1S/C17H17ClFNO2/c18-13-7-4-8-14(16(13)19)22-17(12-5-2-1-3-6-12)15-11-20-9-10-21-15/h1-8,15,17,20H,9-11H2/t15-,17-/m0/s1. The van der Waals surface area contributed by atoms with Crippen LogP contribution in [-0.2, 0) is 4.74 Å². The Morgan fingerprint density at radius 2 is 2.00 bits per heavy atom. The molecule has 0 amide bonds. The summed E-state index contributed by atoms with van der Waals surface area (Å²) in [5.74, 6) is -0.413. The highest BCUT2D eigenvalue weighted by atomic mass is 35.5. The van der Waals surface area contributed by atoms with Crippen molar-refractivity contribution in [3.63, 3.8) is 0 Å². The molecule has 2 aromatic carbocycles. The SMILES string of the molecule is Fc1c(Cl)cccc1O[C@@H](c1ccccc1)[C@@H]1CNCCO1. The van der Waals surface area contributed by atoms with Crippen LogP contribution >= 0.6 is 11.6 Å². The number of benzene rings is 2. The Bertz CT molecular complexity index is 617. The maximum absolute atomic E-state index is 14.1. The fraction of sp³-hybridized carbons (Fsp3) is 0.294. The van der Waals surface area contributed by atoms with E-state index in [1.165, 1.54) is 6.07 Å². The second kappa shape index (κ2) is 7.09. The molecule has 5 heteroatoms. The van der Waals surface area contributed by atoms with Crippen LogP contribution in [0, 0.1) is 5.82 Å². The van der Waals surface area contributed by atoms with Gasteiger partial charge < -0.3 is 14.8 Å². The molecule has 0 spiro atoms. The average Bonchev–Trinajstić information content (AvgIpc) is 2.58. The summed E-state index contributed by atoms with van der Waals surface area (Å²) in [5, 5.41) is 3.32. The third-order valence-electron chi connectivity index (χ3n) is 3.59. The second-order valence-corrected chi connectivity index (χ2v) is 5.52. The lowest BCUT2D eigenvalue weighted by Crippen LogP contribution is -2.43. The summed E-state index contributed by atoms with van der Waals surface area (Å²) in [5.41, 5.74) is 0.940. The maximum Gasteiger partial charge on any atom is 0.183 e. The summed E-state index contributed by atoms with van der Waals surface area (Å²) in [6, 6.07) is 14.4. The topological polar surface area (TPSA) is 30.5 Å². The van der Waals surface area contributed by atoms with E-state index in [9.17, 15) is 4.39 Å². The molecule has 1 aliphatic heterocycles. The van der Waals surface area contributed by atoms with Crippen molar-refractivity contribution in [1.29, 1.82) is 0 Å². The molecule has 0 radical (unpaired) electrons. The summed E-state index contributed by atoms with van der Waals surface area (Å²) < 4.78 is 25.9. The zero-order chi connectivity index (χ0) is 15.4. The van der Waals surface area contributed by atoms with Gasteiger partial charge in [-0.05, 0) is 17.7 Å². The van der Waals surface area contributed by atoms with Crippen LogP contribution in [0.15, 0.2) is 48.5 Å². The molecule has 0 bridgehead atoms. The van der Waals surface area contributed by atoms with Crippen molar-refractivity contribution in [1.82, 2.24) is 5.32 Å². The van der Waals surface area contributed by atoms with Crippen molar-refractivity contribution in [2.24, 2.45) is 0 Å². The van der Waals surface area contributed by atoms with Gasteiger partial charge in [-0.15, -0.1) is 0 Å². The normalized spacial score (nSPS) is 19.6. The van der Waals surface area contributed by atoms with Crippen molar-refractivity contribution < 1.29 is 13.9 Å². The molecular weight excluding hydrogens is 305 g/mol.